The fourth-order valence-electron chi connectivity index (χ4n) is 0.964. The molecule has 1 aromatic heterocycles. The van der Waals surface area contributed by atoms with Gasteiger partial charge in [0.2, 0.25) is 0 Å². The molecule has 0 saturated heterocycles. The molecule has 1 aliphatic rings. The highest BCUT2D eigenvalue weighted by atomic mass is 79.9. The Morgan fingerprint density at radius 1 is 1.45 bits per heavy atom. The van der Waals surface area contributed by atoms with E-state index in [0.29, 0.717) is 5.71 Å². The lowest BCUT2D eigenvalue weighted by Gasteiger charge is -2.02. The summed E-state index contributed by atoms with van der Waals surface area (Å²) in [6.45, 7) is 0. The van der Waals surface area contributed by atoms with Gasteiger partial charge in [-0.2, -0.15) is 5.10 Å². The monoisotopic (exact) mass is 210 g/mol. The van der Waals surface area contributed by atoms with Crippen molar-refractivity contribution in [2.75, 3.05) is 0 Å². The summed E-state index contributed by atoms with van der Waals surface area (Å²) in [6, 6.07) is 0. The van der Waals surface area contributed by atoms with Crippen LogP contribution >= 0.6 is 15.9 Å². The van der Waals surface area contributed by atoms with Gasteiger partial charge in [-0.25, -0.2) is 0 Å². The Hall–Kier alpha value is -0.900. The van der Waals surface area contributed by atoms with Crippen molar-refractivity contribution in [1.29, 1.82) is 5.41 Å². The number of H-pyrrole nitrogens is 1. The van der Waals surface area contributed by atoms with E-state index in [1.165, 1.54) is 0 Å². The summed E-state index contributed by atoms with van der Waals surface area (Å²) in [5.41, 5.74) is 0.474. The molecule has 55 valence electrons. The Morgan fingerprint density at radius 2 is 2.27 bits per heavy atom. The zero-order valence-electron chi connectivity index (χ0n) is 5.56. The van der Waals surface area contributed by atoms with E-state index in [4.69, 9.17) is 5.41 Å². The first-order valence-corrected chi connectivity index (χ1v) is 3.91. The van der Waals surface area contributed by atoms with Gasteiger partial charge in [0.25, 0.3) is 0 Å². The number of hydrogen-bond acceptors (Lipinski definition) is 2. The van der Waals surface area contributed by atoms with Crippen LogP contribution in [0.4, 0.5) is 0 Å². The summed E-state index contributed by atoms with van der Waals surface area (Å²) in [6.07, 6.45) is 5.35. The molecule has 1 aliphatic carbocycles. The molecule has 0 atom stereocenters. The molecule has 3 nitrogen and oxygen atoms in total. The van der Waals surface area contributed by atoms with E-state index in [2.05, 4.69) is 26.1 Å². The maximum Gasteiger partial charge on any atom is 0.110 e. The van der Waals surface area contributed by atoms with Gasteiger partial charge >= 0.3 is 0 Å². The smallest absolute Gasteiger partial charge is 0.110 e. The zero-order chi connectivity index (χ0) is 7.84. The van der Waals surface area contributed by atoms with Crippen molar-refractivity contribution in [2.45, 2.75) is 0 Å². The van der Waals surface area contributed by atoms with Gasteiger partial charge in [-0.05, 0) is 12.2 Å². The predicted molar refractivity (Wildman–Crippen MR) is 46.7 cm³/mol. The molecule has 2 rings (SSSR count). The lowest BCUT2D eigenvalue weighted by Crippen LogP contribution is -2.29. The summed E-state index contributed by atoms with van der Waals surface area (Å²) >= 11 is 3.27. The lowest BCUT2D eigenvalue weighted by molar-refractivity contribution is 1.06. The number of fused-ring (bicyclic) bond motifs is 1. The summed E-state index contributed by atoms with van der Waals surface area (Å²) in [5.74, 6) is 0. The summed E-state index contributed by atoms with van der Waals surface area (Å²) in [7, 11) is 0. The van der Waals surface area contributed by atoms with Crippen molar-refractivity contribution in [3.05, 3.63) is 21.6 Å². The van der Waals surface area contributed by atoms with Crippen molar-refractivity contribution < 1.29 is 0 Å². The van der Waals surface area contributed by atoms with Crippen LogP contribution in [-0.2, 0) is 0 Å². The number of rotatable bonds is 0. The average Bonchev–Trinajstić information content (AvgIpc) is 2.36. The highest BCUT2D eigenvalue weighted by molar-refractivity contribution is 9.11. The molecule has 1 heterocycles. The summed E-state index contributed by atoms with van der Waals surface area (Å²) in [5, 5.41) is 16.0. The quantitative estimate of drug-likeness (QED) is 0.620. The molecule has 0 saturated carbocycles. The van der Waals surface area contributed by atoms with Crippen LogP contribution < -0.4 is 10.6 Å². The minimum Gasteiger partial charge on any atom is -0.303 e. The van der Waals surface area contributed by atoms with Crippen molar-refractivity contribution >= 4 is 33.8 Å². The van der Waals surface area contributed by atoms with Gasteiger partial charge in [0.05, 0.1) is 17.3 Å². The minimum atomic E-state index is 0.474. The van der Waals surface area contributed by atoms with Crippen molar-refractivity contribution in [3.8, 4) is 0 Å². The normalized spacial score (nSPS) is 17.0. The minimum absolute atomic E-state index is 0.474. The third-order valence-electron chi connectivity index (χ3n) is 1.53. The Kier molecular flexibility index (Phi) is 1.42. The molecule has 11 heavy (non-hydrogen) atoms. The van der Waals surface area contributed by atoms with Crippen molar-refractivity contribution in [1.82, 2.24) is 10.2 Å². The molecule has 0 aliphatic heterocycles. The molecule has 0 amide bonds. The number of halogens is 1. The van der Waals surface area contributed by atoms with Crippen LogP contribution in [0.15, 0.2) is 6.20 Å². The molecule has 4 heteroatoms. The third kappa shape index (κ3) is 1.03. The fourth-order valence-corrected chi connectivity index (χ4v) is 1.32. The van der Waals surface area contributed by atoms with Crippen LogP contribution in [0.25, 0.3) is 12.2 Å². The molecule has 1 radical (unpaired) electrons. The first-order chi connectivity index (χ1) is 5.27. The molecule has 1 aromatic rings. The van der Waals surface area contributed by atoms with Crippen LogP contribution in [0, 0.1) is 10.2 Å². The van der Waals surface area contributed by atoms with Crippen LogP contribution in [0.5, 0.6) is 0 Å². The second kappa shape index (κ2) is 2.30. The largest absolute Gasteiger partial charge is 0.303 e. The van der Waals surface area contributed by atoms with Gasteiger partial charge in [-0.15, -0.1) is 0 Å². The van der Waals surface area contributed by atoms with E-state index >= 15 is 0 Å². The van der Waals surface area contributed by atoms with E-state index in [1.807, 2.05) is 6.08 Å². The summed E-state index contributed by atoms with van der Waals surface area (Å²) < 4.78 is 0. The fraction of sp³-hybridized carbons (Fsp3) is 0. The van der Waals surface area contributed by atoms with E-state index in [0.717, 1.165) is 15.4 Å². The molecular weight excluding hydrogens is 206 g/mol. The van der Waals surface area contributed by atoms with E-state index in [-0.39, 0.29) is 0 Å². The molecule has 0 fully saturated rings. The van der Waals surface area contributed by atoms with Gasteiger partial charge in [0.1, 0.15) is 4.83 Å². The molecule has 2 N–H and O–H groups in total. The van der Waals surface area contributed by atoms with Gasteiger partial charge in [-0.3, -0.25) is 5.10 Å². The van der Waals surface area contributed by atoms with Crippen LogP contribution in [0.3, 0.4) is 0 Å². The number of nitrogens with zero attached hydrogens (tertiary/aromatic N) is 1. The van der Waals surface area contributed by atoms with Crippen LogP contribution in [0.1, 0.15) is 0 Å². The average molecular weight is 211 g/mol. The van der Waals surface area contributed by atoms with Crippen molar-refractivity contribution in [3.63, 3.8) is 0 Å². The third-order valence-corrected chi connectivity index (χ3v) is 2.18. The van der Waals surface area contributed by atoms with Crippen molar-refractivity contribution in [2.24, 2.45) is 0 Å². The predicted octanol–water partition coefficient (Wildman–Crippen LogP) is -0.0690. The van der Waals surface area contributed by atoms with E-state index in [1.54, 1.807) is 12.3 Å². The Labute approximate surface area is 71.5 Å². The first kappa shape index (κ1) is 6.79. The van der Waals surface area contributed by atoms with E-state index in [9.17, 15) is 0 Å². The highest BCUT2D eigenvalue weighted by Gasteiger charge is 2.10. The Bertz CT molecular complexity index is 404. The maximum atomic E-state index is 7.45. The second-order valence-corrected chi connectivity index (χ2v) is 3.14. The molecule has 0 spiro atoms. The second-order valence-electron chi connectivity index (χ2n) is 2.29. The Morgan fingerprint density at radius 3 is 3.09 bits per heavy atom. The SMILES string of the molecule is N=C1C=c2[nH]ncc2=C[C]1Br. The lowest BCUT2D eigenvalue weighted by atomic mass is 10.1. The topological polar surface area (TPSA) is 52.5 Å². The molecular formula is C7H5BrN3. The van der Waals surface area contributed by atoms with E-state index < -0.39 is 0 Å². The maximum absolute atomic E-state index is 7.45. The van der Waals surface area contributed by atoms with Gasteiger partial charge in [0.15, 0.2) is 0 Å². The molecule has 0 bridgehead atoms. The van der Waals surface area contributed by atoms with Gasteiger partial charge in [0, 0.05) is 5.22 Å². The van der Waals surface area contributed by atoms with Gasteiger partial charge < -0.3 is 5.41 Å². The number of aromatic nitrogens is 2. The Balaban J connectivity index is 2.78. The summed E-state index contributed by atoms with van der Waals surface area (Å²) in [4.78, 5) is 0.798. The van der Waals surface area contributed by atoms with Crippen LogP contribution in [-0.4, -0.2) is 15.9 Å². The molecule has 0 unspecified atom stereocenters. The molecule has 0 aromatic carbocycles. The number of hydrogen-bond donors (Lipinski definition) is 2. The highest BCUT2D eigenvalue weighted by Crippen LogP contribution is 2.14. The van der Waals surface area contributed by atoms with Gasteiger partial charge in [-0.1, -0.05) is 15.9 Å². The first-order valence-electron chi connectivity index (χ1n) is 3.11. The standard InChI is InChI=1S/C7H5BrN3/c8-5-1-4-3-10-11-7(4)2-6(5)9/h1-3,9,11H. The van der Waals surface area contributed by atoms with Crippen LogP contribution in [0.2, 0.25) is 0 Å². The zero-order valence-corrected chi connectivity index (χ0v) is 7.14. The number of aromatic amines is 1. The number of nitrogens with one attached hydrogen (secondary N) is 2.